The van der Waals surface area contributed by atoms with Crippen molar-refractivity contribution in [1.29, 1.82) is 0 Å². The SMILES string of the molecule is COc1ccc(CNc2nc(NCCOCCOCCNC(=O)c3ccccc3)nc(NCCc3ccccc3)n2)cc1. The summed E-state index contributed by atoms with van der Waals surface area (Å²) in [4.78, 5) is 25.6. The van der Waals surface area contributed by atoms with Gasteiger partial charge in [0, 0.05) is 31.7 Å². The molecule has 43 heavy (non-hydrogen) atoms. The quantitative estimate of drug-likeness (QED) is 0.120. The summed E-state index contributed by atoms with van der Waals surface area (Å²) in [6.07, 6.45) is 0.846. The van der Waals surface area contributed by atoms with Crippen LogP contribution in [0.15, 0.2) is 84.9 Å². The predicted octanol–water partition coefficient (Wildman–Crippen LogP) is 4.02. The van der Waals surface area contributed by atoms with Gasteiger partial charge in [-0.2, -0.15) is 15.0 Å². The molecule has 0 aliphatic rings. The first-order valence-corrected chi connectivity index (χ1v) is 14.3. The van der Waals surface area contributed by atoms with Crippen LogP contribution in [-0.4, -0.2) is 74.0 Å². The lowest BCUT2D eigenvalue weighted by molar-refractivity contribution is 0.0519. The number of nitrogens with one attached hydrogen (secondary N) is 4. The average Bonchev–Trinajstić information content (AvgIpc) is 3.05. The van der Waals surface area contributed by atoms with E-state index in [0.717, 1.165) is 17.7 Å². The minimum absolute atomic E-state index is 0.113. The van der Waals surface area contributed by atoms with E-state index >= 15 is 0 Å². The molecule has 4 N–H and O–H groups in total. The average molecular weight is 586 g/mol. The highest BCUT2D eigenvalue weighted by molar-refractivity contribution is 5.94. The molecule has 226 valence electrons. The zero-order chi connectivity index (χ0) is 30.0. The summed E-state index contributed by atoms with van der Waals surface area (Å²) in [5.41, 5.74) is 2.94. The molecule has 1 amide bonds. The first kappa shape index (κ1) is 31.2. The number of aromatic nitrogens is 3. The molecule has 3 aromatic carbocycles. The van der Waals surface area contributed by atoms with Gasteiger partial charge in [0.25, 0.3) is 5.91 Å². The number of anilines is 3. The molecule has 0 aliphatic carbocycles. The third-order valence-corrected chi connectivity index (χ3v) is 6.25. The molecule has 0 aliphatic heterocycles. The van der Waals surface area contributed by atoms with E-state index in [4.69, 9.17) is 14.2 Å². The summed E-state index contributed by atoms with van der Waals surface area (Å²) in [7, 11) is 1.65. The predicted molar refractivity (Wildman–Crippen MR) is 168 cm³/mol. The van der Waals surface area contributed by atoms with E-state index in [0.29, 0.717) is 76.0 Å². The van der Waals surface area contributed by atoms with Crippen molar-refractivity contribution in [2.45, 2.75) is 13.0 Å². The van der Waals surface area contributed by atoms with E-state index in [1.807, 2.05) is 60.7 Å². The lowest BCUT2D eigenvalue weighted by Crippen LogP contribution is -2.27. The number of nitrogens with zero attached hydrogens (tertiary/aromatic N) is 3. The monoisotopic (exact) mass is 585 g/mol. The Balaban J connectivity index is 1.18. The number of amides is 1. The number of hydrogen-bond donors (Lipinski definition) is 4. The molecule has 4 aromatic rings. The first-order chi connectivity index (χ1) is 21.2. The molecular formula is C32H39N7O4. The number of carbonyl (C=O) groups excluding carboxylic acids is 1. The zero-order valence-electron chi connectivity index (χ0n) is 24.4. The Labute approximate surface area is 252 Å². The number of hydrogen-bond acceptors (Lipinski definition) is 10. The highest BCUT2D eigenvalue weighted by Crippen LogP contribution is 2.14. The van der Waals surface area contributed by atoms with Gasteiger partial charge < -0.3 is 35.5 Å². The fourth-order valence-corrected chi connectivity index (χ4v) is 3.99. The Bertz CT molecular complexity index is 1360. The van der Waals surface area contributed by atoms with Crippen molar-refractivity contribution in [2.24, 2.45) is 0 Å². The van der Waals surface area contributed by atoms with Crippen LogP contribution in [0, 0.1) is 0 Å². The van der Waals surface area contributed by atoms with Crippen molar-refractivity contribution < 1.29 is 19.0 Å². The Morgan fingerprint density at radius 1 is 0.628 bits per heavy atom. The Kier molecular flexibility index (Phi) is 13.0. The summed E-state index contributed by atoms with van der Waals surface area (Å²) in [5, 5.41) is 12.6. The van der Waals surface area contributed by atoms with Gasteiger partial charge in [0.2, 0.25) is 17.8 Å². The van der Waals surface area contributed by atoms with Gasteiger partial charge in [-0.05, 0) is 41.8 Å². The topological polar surface area (TPSA) is 132 Å². The molecule has 0 fully saturated rings. The van der Waals surface area contributed by atoms with Crippen molar-refractivity contribution in [3.05, 3.63) is 102 Å². The Hall–Kier alpha value is -4.74. The largest absolute Gasteiger partial charge is 0.497 e. The first-order valence-electron chi connectivity index (χ1n) is 14.3. The maximum atomic E-state index is 12.0. The lowest BCUT2D eigenvalue weighted by atomic mass is 10.1. The zero-order valence-corrected chi connectivity index (χ0v) is 24.4. The van der Waals surface area contributed by atoms with Gasteiger partial charge >= 0.3 is 0 Å². The second-order valence-electron chi connectivity index (χ2n) is 9.44. The number of methoxy groups -OCH3 is 1. The molecule has 0 bridgehead atoms. The highest BCUT2D eigenvalue weighted by Gasteiger charge is 2.08. The maximum absolute atomic E-state index is 12.0. The van der Waals surface area contributed by atoms with Crippen LogP contribution < -0.4 is 26.0 Å². The van der Waals surface area contributed by atoms with E-state index in [1.54, 1.807) is 19.2 Å². The number of rotatable bonds is 19. The number of carbonyl (C=O) groups is 1. The van der Waals surface area contributed by atoms with Gasteiger partial charge in [-0.25, -0.2) is 0 Å². The van der Waals surface area contributed by atoms with E-state index in [9.17, 15) is 4.79 Å². The summed E-state index contributed by atoms with van der Waals surface area (Å²) >= 11 is 0. The lowest BCUT2D eigenvalue weighted by Gasteiger charge is -2.12. The third-order valence-electron chi connectivity index (χ3n) is 6.25. The second-order valence-corrected chi connectivity index (χ2v) is 9.44. The van der Waals surface area contributed by atoms with Crippen LogP contribution in [0.5, 0.6) is 5.75 Å². The molecule has 4 rings (SSSR count). The summed E-state index contributed by atoms with van der Waals surface area (Å²) in [5.74, 6) is 2.09. The summed E-state index contributed by atoms with van der Waals surface area (Å²) in [6, 6.07) is 27.2. The molecule has 11 heteroatoms. The van der Waals surface area contributed by atoms with Gasteiger partial charge in [-0.15, -0.1) is 0 Å². The summed E-state index contributed by atoms with van der Waals surface area (Å²) < 4.78 is 16.4. The highest BCUT2D eigenvalue weighted by atomic mass is 16.5. The molecule has 0 saturated heterocycles. The molecule has 0 atom stereocenters. The maximum Gasteiger partial charge on any atom is 0.251 e. The summed E-state index contributed by atoms with van der Waals surface area (Å²) in [6.45, 7) is 3.92. The van der Waals surface area contributed by atoms with Crippen LogP contribution in [0.4, 0.5) is 17.8 Å². The van der Waals surface area contributed by atoms with Gasteiger partial charge in [0.05, 0.1) is 33.5 Å². The van der Waals surface area contributed by atoms with Crippen LogP contribution in [0.2, 0.25) is 0 Å². The van der Waals surface area contributed by atoms with Crippen molar-refractivity contribution in [3.8, 4) is 5.75 Å². The third kappa shape index (κ3) is 11.6. The van der Waals surface area contributed by atoms with E-state index in [-0.39, 0.29) is 5.91 Å². The van der Waals surface area contributed by atoms with Crippen LogP contribution in [0.1, 0.15) is 21.5 Å². The fraction of sp³-hybridized carbons (Fsp3) is 0.312. The van der Waals surface area contributed by atoms with Crippen LogP contribution >= 0.6 is 0 Å². The van der Waals surface area contributed by atoms with Crippen LogP contribution in [0.25, 0.3) is 0 Å². The molecule has 0 radical (unpaired) electrons. The molecule has 0 unspecified atom stereocenters. The molecule has 0 saturated carbocycles. The van der Waals surface area contributed by atoms with E-state index < -0.39 is 0 Å². The molecule has 11 nitrogen and oxygen atoms in total. The van der Waals surface area contributed by atoms with Gasteiger partial charge in [0.15, 0.2) is 0 Å². The van der Waals surface area contributed by atoms with Crippen molar-refractivity contribution >= 4 is 23.8 Å². The van der Waals surface area contributed by atoms with E-state index in [1.165, 1.54) is 5.56 Å². The number of benzene rings is 3. The molecular weight excluding hydrogens is 546 g/mol. The smallest absolute Gasteiger partial charge is 0.251 e. The second kappa shape index (κ2) is 17.9. The molecule has 1 aromatic heterocycles. The van der Waals surface area contributed by atoms with Crippen molar-refractivity contribution in [3.63, 3.8) is 0 Å². The van der Waals surface area contributed by atoms with Crippen LogP contribution in [0.3, 0.4) is 0 Å². The molecule has 0 spiro atoms. The van der Waals surface area contributed by atoms with Crippen molar-refractivity contribution in [2.75, 3.05) is 69.1 Å². The van der Waals surface area contributed by atoms with Crippen LogP contribution in [-0.2, 0) is 22.4 Å². The van der Waals surface area contributed by atoms with Gasteiger partial charge in [-0.1, -0.05) is 60.7 Å². The minimum atomic E-state index is -0.113. The van der Waals surface area contributed by atoms with Crippen molar-refractivity contribution in [1.82, 2.24) is 20.3 Å². The molecule has 1 heterocycles. The van der Waals surface area contributed by atoms with Gasteiger partial charge in [-0.3, -0.25) is 4.79 Å². The Morgan fingerprint density at radius 2 is 1.21 bits per heavy atom. The van der Waals surface area contributed by atoms with E-state index in [2.05, 4.69) is 48.4 Å². The fourth-order valence-electron chi connectivity index (χ4n) is 3.99. The minimum Gasteiger partial charge on any atom is -0.497 e. The normalized spacial score (nSPS) is 10.6. The van der Waals surface area contributed by atoms with Gasteiger partial charge in [0.1, 0.15) is 5.75 Å². The number of ether oxygens (including phenoxy) is 3. The Morgan fingerprint density at radius 3 is 1.86 bits per heavy atom. The standard InChI is InChI=1S/C32H39N7O4/c1-41-28-14-12-26(13-15-28)24-36-32-38-30(34-17-16-25-8-4-2-5-9-25)37-31(39-32)35-19-21-43-23-22-42-20-18-33-29(40)27-10-6-3-7-11-27/h2-15H,16-24H2,1H3,(H,33,40)(H3,34,35,36,37,38,39).